The summed E-state index contributed by atoms with van der Waals surface area (Å²) in [5.74, 6) is 0. The quantitative estimate of drug-likeness (QED) is 0.841. The molecule has 1 aromatic heterocycles. The Labute approximate surface area is 85.3 Å². The Morgan fingerprint density at radius 1 is 1.36 bits per heavy atom. The normalized spacial score (nSPS) is 11.5. The van der Waals surface area contributed by atoms with Gasteiger partial charge < -0.3 is 4.98 Å². The van der Waals surface area contributed by atoms with Gasteiger partial charge in [0, 0.05) is 4.47 Å². The van der Waals surface area contributed by atoms with Crippen LogP contribution >= 0.6 is 15.9 Å². The van der Waals surface area contributed by atoms with E-state index in [1.54, 1.807) is 0 Å². The largest absolute Gasteiger partial charge is 0.314 e. The zero-order valence-electron chi connectivity index (χ0n) is 6.69. The lowest BCUT2D eigenvalue weighted by Gasteiger charge is -2.02. The molecule has 2 nitrogen and oxygen atoms in total. The van der Waals surface area contributed by atoms with E-state index in [9.17, 15) is 13.2 Å². The maximum absolute atomic E-state index is 12.7. The molecular weight excluding hydrogens is 261 g/mol. The third-order valence-corrected chi connectivity index (χ3v) is 2.52. The summed E-state index contributed by atoms with van der Waals surface area (Å²) in [4.78, 5) is 5.61. The van der Waals surface area contributed by atoms with Gasteiger partial charge in [0.15, 0.2) is 0 Å². The van der Waals surface area contributed by atoms with Crippen molar-refractivity contribution in [1.82, 2.24) is 9.97 Å². The fourth-order valence-electron chi connectivity index (χ4n) is 1.25. The Morgan fingerprint density at radius 2 is 2.07 bits per heavy atom. The number of hydrogen-bond acceptors (Lipinski definition) is 1. The van der Waals surface area contributed by atoms with E-state index in [-0.39, 0.29) is 21.1 Å². The molecule has 0 saturated carbocycles. The summed E-state index contributed by atoms with van der Waals surface area (Å²) < 4.78 is 38.0. The van der Waals surface area contributed by atoms with E-state index in [0.29, 0.717) is 0 Å². The summed E-state index contributed by atoms with van der Waals surface area (Å²) in [5.41, 5.74) is -0.0597. The maximum Gasteiger partial charge on any atom is 0.287 e. The van der Waals surface area contributed by atoms with Gasteiger partial charge in [-0.1, -0.05) is 15.9 Å². The van der Waals surface area contributed by atoms with Crippen molar-refractivity contribution >= 4 is 27.0 Å². The van der Waals surface area contributed by atoms with Crippen LogP contribution in [0.2, 0.25) is 0 Å². The van der Waals surface area contributed by atoms with Crippen LogP contribution in [-0.4, -0.2) is 9.97 Å². The van der Waals surface area contributed by atoms with Crippen LogP contribution in [0, 0.1) is 6.08 Å². The third-order valence-electron chi connectivity index (χ3n) is 1.83. The molecule has 0 unspecified atom stereocenters. The average molecular weight is 265 g/mol. The van der Waals surface area contributed by atoms with Crippen molar-refractivity contribution in [2.24, 2.45) is 0 Å². The lowest BCUT2D eigenvalue weighted by atomic mass is 10.2. The highest BCUT2D eigenvalue weighted by Crippen LogP contribution is 2.32. The molecule has 6 heteroatoms. The van der Waals surface area contributed by atoms with Crippen LogP contribution in [-0.2, 0) is 0 Å². The SMILES string of the molecule is Fc1nc2c(C(F)F)c(Br)ccc2[nH]1. The smallest absolute Gasteiger partial charge is 0.287 e. The average Bonchev–Trinajstić information content (AvgIpc) is 2.43. The number of H-pyrrole nitrogens is 1. The molecule has 0 saturated heterocycles. The van der Waals surface area contributed by atoms with Crippen molar-refractivity contribution < 1.29 is 13.2 Å². The van der Waals surface area contributed by atoms with Crippen LogP contribution in [0.15, 0.2) is 16.6 Å². The van der Waals surface area contributed by atoms with Crippen LogP contribution in [0.1, 0.15) is 12.0 Å². The molecule has 0 aliphatic carbocycles. The van der Waals surface area contributed by atoms with Crippen LogP contribution in [0.25, 0.3) is 11.0 Å². The summed E-state index contributed by atoms with van der Waals surface area (Å²) in [6.45, 7) is 0. The van der Waals surface area contributed by atoms with Gasteiger partial charge in [-0.05, 0) is 12.1 Å². The molecule has 0 atom stereocenters. The van der Waals surface area contributed by atoms with Crippen molar-refractivity contribution in [1.29, 1.82) is 0 Å². The van der Waals surface area contributed by atoms with Crippen LogP contribution in [0.4, 0.5) is 13.2 Å². The summed E-state index contributed by atoms with van der Waals surface area (Å²) >= 11 is 2.97. The monoisotopic (exact) mass is 264 g/mol. The summed E-state index contributed by atoms with van der Waals surface area (Å²) in [6, 6.07) is 2.92. The molecule has 0 aliphatic heterocycles. The number of imidazole rings is 1. The zero-order valence-corrected chi connectivity index (χ0v) is 8.28. The van der Waals surface area contributed by atoms with Crippen LogP contribution < -0.4 is 0 Å². The number of nitrogens with zero attached hydrogens (tertiary/aromatic N) is 1. The van der Waals surface area contributed by atoms with Gasteiger partial charge in [0.2, 0.25) is 0 Å². The van der Waals surface area contributed by atoms with Crippen molar-refractivity contribution in [2.75, 3.05) is 0 Å². The van der Waals surface area contributed by atoms with Gasteiger partial charge in [-0.25, -0.2) is 13.8 Å². The Morgan fingerprint density at radius 3 is 2.71 bits per heavy atom. The molecule has 0 radical (unpaired) electrons. The van der Waals surface area contributed by atoms with E-state index >= 15 is 0 Å². The van der Waals surface area contributed by atoms with Gasteiger partial charge in [-0.2, -0.15) is 4.39 Å². The van der Waals surface area contributed by atoms with Crippen molar-refractivity contribution in [3.05, 3.63) is 28.2 Å². The predicted molar refractivity (Wildman–Crippen MR) is 48.7 cm³/mol. The predicted octanol–water partition coefficient (Wildman–Crippen LogP) is 3.40. The Kier molecular flexibility index (Phi) is 2.22. The molecule has 1 aromatic carbocycles. The first-order valence-electron chi connectivity index (χ1n) is 3.71. The Bertz CT molecular complexity index is 481. The van der Waals surface area contributed by atoms with Crippen molar-refractivity contribution in [3.63, 3.8) is 0 Å². The number of nitrogens with one attached hydrogen (secondary N) is 1. The van der Waals surface area contributed by atoms with E-state index in [0.717, 1.165) is 0 Å². The molecule has 1 N–H and O–H groups in total. The highest BCUT2D eigenvalue weighted by atomic mass is 79.9. The molecule has 0 bridgehead atoms. The minimum Gasteiger partial charge on any atom is -0.314 e. The first kappa shape index (κ1) is 9.51. The molecule has 0 aliphatic rings. The second-order valence-corrected chi connectivity index (χ2v) is 3.54. The molecule has 0 amide bonds. The number of benzene rings is 1. The molecule has 14 heavy (non-hydrogen) atoms. The number of halogens is 4. The van der Waals surface area contributed by atoms with E-state index in [2.05, 4.69) is 25.9 Å². The van der Waals surface area contributed by atoms with Gasteiger partial charge >= 0.3 is 0 Å². The molecule has 74 valence electrons. The molecule has 0 spiro atoms. The third kappa shape index (κ3) is 1.39. The number of aromatic nitrogens is 2. The van der Waals surface area contributed by atoms with E-state index in [1.807, 2.05) is 0 Å². The molecular formula is C8H4BrF3N2. The minimum atomic E-state index is -2.68. The topological polar surface area (TPSA) is 28.7 Å². The van der Waals surface area contributed by atoms with Crippen molar-refractivity contribution in [3.8, 4) is 0 Å². The van der Waals surface area contributed by atoms with E-state index in [4.69, 9.17) is 0 Å². The van der Waals surface area contributed by atoms with Gasteiger partial charge in [0.1, 0.15) is 5.52 Å². The zero-order chi connectivity index (χ0) is 10.3. The molecule has 1 heterocycles. The first-order valence-corrected chi connectivity index (χ1v) is 4.50. The summed E-state index contributed by atoms with van der Waals surface area (Å²) in [6.07, 6.45) is -3.55. The number of alkyl halides is 2. The number of rotatable bonds is 1. The second-order valence-electron chi connectivity index (χ2n) is 2.69. The fraction of sp³-hybridized carbons (Fsp3) is 0.125. The number of hydrogen-bond donors (Lipinski definition) is 1. The fourth-order valence-corrected chi connectivity index (χ4v) is 1.74. The lowest BCUT2D eigenvalue weighted by Crippen LogP contribution is -1.88. The highest BCUT2D eigenvalue weighted by Gasteiger charge is 2.18. The molecule has 2 rings (SSSR count). The van der Waals surface area contributed by atoms with Crippen LogP contribution in [0.5, 0.6) is 0 Å². The first-order chi connectivity index (χ1) is 6.59. The van der Waals surface area contributed by atoms with Gasteiger partial charge in [-0.15, -0.1) is 0 Å². The Hall–Kier alpha value is -1.04. The number of aromatic amines is 1. The highest BCUT2D eigenvalue weighted by molar-refractivity contribution is 9.10. The number of fused-ring (bicyclic) bond motifs is 1. The second kappa shape index (κ2) is 3.27. The van der Waals surface area contributed by atoms with Crippen LogP contribution in [0.3, 0.4) is 0 Å². The summed E-state index contributed by atoms with van der Waals surface area (Å²) in [5, 5.41) is 0. The summed E-state index contributed by atoms with van der Waals surface area (Å²) in [7, 11) is 0. The lowest BCUT2D eigenvalue weighted by molar-refractivity contribution is 0.152. The van der Waals surface area contributed by atoms with Gasteiger partial charge in [-0.3, -0.25) is 0 Å². The molecule has 0 fully saturated rings. The maximum atomic E-state index is 12.7. The Balaban J connectivity index is 2.82. The minimum absolute atomic E-state index is 0.0353. The molecule has 2 aromatic rings. The van der Waals surface area contributed by atoms with E-state index < -0.39 is 12.5 Å². The van der Waals surface area contributed by atoms with Crippen molar-refractivity contribution in [2.45, 2.75) is 6.43 Å². The van der Waals surface area contributed by atoms with Gasteiger partial charge in [0.05, 0.1) is 11.1 Å². The standard InChI is InChI=1S/C8H4BrF3N2/c9-3-1-2-4-6(5(3)7(10)11)14-8(12)13-4/h1-2,7H,(H,13,14). The van der Waals surface area contributed by atoms with E-state index in [1.165, 1.54) is 12.1 Å². The van der Waals surface area contributed by atoms with Gasteiger partial charge in [0.25, 0.3) is 12.5 Å².